The predicted molar refractivity (Wildman–Crippen MR) is 68.9 cm³/mol. The van der Waals surface area contributed by atoms with Crippen molar-refractivity contribution in [2.45, 2.75) is 51.9 Å². The van der Waals surface area contributed by atoms with Gasteiger partial charge in [0.2, 0.25) is 0 Å². The van der Waals surface area contributed by atoms with E-state index in [4.69, 9.17) is 5.11 Å². The van der Waals surface area contributed by atoms with Crippen LogP contribution in [0.4, 0.5) is 0 Å². The van der Waals surface area contributed by atoms with Crippen molar-refractivity contribution >= 4 is 35.5 Å². The largest absolute Gasteiger partial charge is 0.480 e. The Morgan fingerprint density at radius 2 is 1.56 bits per heavy atom. The number of carboxylic acid groups (broad SMARTS) is 1. The minimum Gasteiger partial charge on any atom is -0.480 e. The zero-order valence-corrected chi connectivity index (χ0v) is 13.2. The van der Waals surface area contributed by atoms with E-state index in [2.05, 4.69) is 6.92 Å². The van der Waals surface area contributed by atoms with Crippen molar-refractivity contribution in [2.24, 2.45) is 0 Å². The number of aliphatic carboxylic acids is 1. The molecule has 0 atom stereocenters. The van der Waals surface area contributed by atoms with Gasteiger partial charge in [-0.3, -0.25) is 9.69 Å². The van der Waals surface area contributed by atoms with Gasteiger partial charge in [0, 0.05) is 29.6 Å². The number of rotatable bonds is 10. The van der Waals surface area contributed by atoms with Crippen molar-refractivity contribution in [3.8, 4) is 0 Å². The van der Waals surface area contributed by atoms with Crippen LogP contribution in [0.2, 0.25) is 0 Å². The van der Waals surface area contributed by atoms with Crippen LogP contribution in [0, 0.1) is 0 Å². The van der Waals surface area contributed by atoms with Crippen LogP contribution < -0.4 is 0 Å². The fourth-order valence-electron chi connectivity index (χ4n) is 1.65. The van der Waals surface area contributed by atoms with Gasteiger partial charge in [0.1, 0.15) is 0 Å². The molecule has 16 heavy (non-hydrogen) atoms. The molecule has 0 spiro atoms. The summed E-state index contributed by atoms with van der Waals surface area (Å²) in [5.41, 5.74) is 0. The first-order valence-corrected chi connectivity index (χ1v) is 6.07. The molecule has 0 aliphatic carbocycles. The molecule has 0 bridgehead atoms. The van der Waals surface area contributed by atoms with Crippen LogP contribution in [0.25, 0.3) is 0 Å². The second kappa shape index (κ2) is 13.5. The van der Waals surface area contributed by atoms with Crippen LogP contribution in [-0.2, 0) is 4.79 Å². The molecule has 0 unspecified atom stereocenters. The molecule has 0 rings (SSSR count). The number of hydrogen-bond donors (Lipinski definition) is 1. The van der Waals surface area contributed by atoms with Crippen LogP contribution in [0.1, 0.15) is 51.9 Å². The van der Waals surface area contributed by atoms with Gasteiger partial charge in [-0.2, -0.15) is 0 Å². The number of unbranched alkanes of at least 4 members (excludes halogenated alkanes) is 6. The zero-order valence-electron chi connectivity index (χ0n) is 11.2. The van der Waals surface area contributed by atoms with E-state index in [1.165, 1.54) is 38.5 Å². The smallest absolute Gasteiger partial charge is 0.317 e. The van der Waals surface area contributed by atoms with Crippen LogP contribution in [0.15, 0.2) is 0 Å². The average molecular weight is 238 g/mol. The van der Waals surface area contributed by atoms with E-state index < -0.39 is 5.97 Å². The first-order valence-electron chi connectivity index (χ1n) is 6.07. The maximum absolute atomic E-state index is 10.4. The fraction of sp³-hybridized carbons (Fsp3) is 0.917. The normalized spacial score (nSPS) is 10.2. The number of likely N-dealkylation sites (N-methyl/N-ethyl adjacent to an activating group) is 1. The Bertz CT molecular complexity index is 165. The van der Waals surface area contributed by atoms with Crippen LogP contribution in [0.5, 0.6) is 0 Å². The zero-order chi connectivity index (χ0) is 11.5. The van der Waals surface area contributed by atoms with Gasteiger partial charge in [0.05, 0.1) is 6.54 Å². The Labute approximate surface area is 122 Å². The van der Waals surface area contributed by atoms with Crippen molar-refractivity contribution in [3.63, 3.8) is 0 Å². The summed E-state index contributed by atoms with van der Waals surface area (Å²) in [5.74, 6) is -0.736. The van der Waals surface area contributed by atoms with E-state index in [1.807, 2.05) is 11.9 Å². The van der Waals surface area contributed by atoms with Gasteiger partial charge in [0.15, 0.2) is 0 Å². The van der Waals surface area contributed by atoms with Crippen molar-refractivity contribution < 1.29 is 9.90 Å². The van der Waals surface area contributed by atoms with E-state index in [-0.39, 0.29) is 36.1 Å². The standard InChI is InChI=1S/C12H25NO2.Na/c1-3-4-5-6-7-8-9-10-13(2)11-12(14)15;/h3-11H2,1-2H3,(H,14,15);. The second-order valence-corrected chi connectivity index (χ2v) is 4.25. The Hall–Kier alpha value is 0.430. The summed E-state index contributed by atoms with van der Waals surface area (Å²) in [4.78, 5) is 12.2. The first-order chi connectivity index (χ1) is 7.16. The molecule has 0 saturated carbocycles. The molecular weight excluding hydrogens is 213 g/mol. The molecule has 0 aliphatic heterocycles. The molecule has 0 aliphatic rings. The summed E-state index contributed by atoms with van der Waals surface area (Å²) in [6.45, 7) is 3.29. The molecule has 91 valence electrons. The molecule has 0 fully saturated rings. The molecule has 0 aromatic carbocycles. The molecule has 0 aromatic rings. The van der Waals surface area contributed by atoms with E-state index in [1.54, 1.807) is 0 Å². The van der Waals surface area contributed by atoms with Crippen molar-refractivity contribution in [1.29, 1.82) is 0 Å². The van der Waals surface area contributed by atoms with Crippen LogP contribution >= 0.6 is 0 Å². The first kappa shape index (κ1) is 18.8. The van der Waals surface area contributed by atoms with Crippen LogP contribution in [-0.4, -0.2) is 65.7 Å². The minimum atomic E-state index is -0.736. The summed E-state index contributed by atoms with van der Waals surface area (Å²) in [5, 5.41) is 8.54. The van der Waals surface area contributed by atoms with E-state index in [9.17, 15) is 4.79 Å². The maximum Gasteiger partial charge on any atom is 0.317 e. The molecule has 1 radical (unpaired) electrons. The molecule has 1 N–H and O–H groups in total. The Morgan fingerprint density at radius 1 is 1.06 bits per heavy atom. The average Bonchev–Trinajstić information content (AvgIpc) is 2.15. The van der Waals surface area contributed by atoms with Gasteiger partial charge in [-0.15, -0.1) is 0 Å². The van der Waals surface area contributed by atoms with Gasteiger partial charge in [-0.05, 0) is 20.0 Å². The third kappa shape index (κ3) is 14.4. The SMILES string of the molecule is CCCCCCCCCN(C)CC(=O)O.[Na]. The molecule has 0 amide bonds. The van der Waals surface area contributed by atoms with Gasteiger partial charge in [-0.1, -0.05) is 45.4 Å². The Kier molecular flexibility index (Phi) is 15.8. The predicted octanol–water partition coefficient (Wildman–Crippen LogP) is 2.37. The third-order valence-electron chi connectivity index (χ3n) is 2.55. The quantitative estimate of drug-likeness (QED) is 0.469. The van der Waals surface area contributed by atoms with Gasteiger partial charge in [-0.25, -0.2) is 0 Å². The third-order valence-corrected chi connectivity index (χ3v) is 2.55. The number of nitrogens with zero attached hydrogens (tertiary/aromatic N) is 1. The summed E-state index contributed by atoms with van der Waals surface area (Å²) in [6, 6.07) is 0. The minimum absolute atomic E-state index is 0. The van der Waals surface area contributed by atoms with E-state index >= 15 is 0 Å². The number of carbonyl (C=O) groups is 1. The van der Waals surface area contributed by atoms with Crippen LogP contribution in [0.3, 0.4) is 0 Å². The molecule has 0 aromatic heterocycles. The molecule has 4 heteroatoms. The summed E-state index contributed by atoms with van der Waals surface area (Å²) in [7, 11) is 1.87. The van der Waals surface area contributed by atoms with E-state index in [0.29, 0.717) is 0 Å². The van der Waals surface area contributed by atoms with Crippen molar-refractivity contribution in [1.82, 2.24) is 4.90 Å². The van der Waals surface area contributed by atoms with Crippen molar-refractivity contribution in [3.05, 3.63) is 0 Å². The number of carboxylic acids is 1. The van der Waals surface area contributed by atoms with Gasteiger partial charge in [0.25, 0.3) is 0 Å². The van der Waals surface area contributed by atoms with Gasteiger partial charge >= 0.3 is 5.97 Å². The summed E-state index contributed by atoms with van der Waals surface area (Å²) in [6.07, 6.45) is 8.96. The molecule has 0 saturated heterocycles. The summed E-state index contributed by atoms with van der Waals surface area (Å²) >= 11 is 0. The van der Waals surface area contributed by atoms with E-state index in [0.717, 1.165) is 13.0 Å². The fourth-order valence-corrected chi connectivity index (χ4v) is 1.65. The summed E-state index contributed by atoms with van der Waals surface area (Å²) < 4.78 is 0. The van der Waals surface area contributed by atoms with Crippen molar-refractivity contribution in [2.75, 3.05) is 20.1 Å². The second-order valence-electron chi connectivity index (χ2n) is 4.25. The monoisotopic (exact) mass is 238 g/mol. The Morgan fingerprint density at radius 3 is 2.06 bits per heavy atom. The number of hydrogen-bond acceptors (Lipinski definition) is 2. The molecule has 0 heterocycles. The van der Waals surface area contributed by atoms with Gasteiger partial charge < -0.3 is 5.11 Å². The Balaban J connectivity index is 0. The maximum atomic E-state index is 10.4. The molecular formula is C12H25NNaO2. The molecule has 3 nitrogen and oxygen atoms in total. The topological polar surface area (TPSA) is 40.5 Å².